The second-order valence-electron chi connectivity index (χ2n) is 11.9. The first kappa shape index (κ1) is 24.7. The Hall–Kier alpha value is -1.99. The number of methoxy groups -OCH3 is 1. The van der Waals surface area contributed by atoms with Gasteiger partial charge in [0.1, 0.15) is 5.75 Å². The number of Topliss-reactive ketones (excluding diaryl/α,β-unsaturated/α-hetero) is 1. The van der Waals surface area contributed by atoms with Crippen molar-refractivity contribution < 1.29 is 26.9 Å². The smallest absolute Gasteiger partial charge is 0.312 e. The Balaban J connectivity index is 1.62. The van der Waals surface area contributed by atoms with Crippen LogP contribution in [0.1, 0.15) is 64.4 Å². The van der Waals surface area contributed by atoms with E-state index in [1.807, 2.05) is 6.07 Å². The molecule has 2 bridgehead atoms. The Bertz CT molecular complexity index is 1160. The molecule has 5 saturated carbocycles. The van der Waals surface area contributed by atoms with Gasteiger partial charge in [-0.25, -0.2) is 0 Å². The van der Waals surface area contributed by atoms with E-state index < -0.39 is 27.1 Å². The van der Waals surface area contributed by atoms with Crippen LogP contribution in [0.5, 0.6) is 0 Å². The van der Waals surface area contributed by atoms with Gasteiger partial charge in [-0.1, -0.05) is 57.2 Å². The molecule has 0 aromatic heterocycles. The lowest BCUT2D eigenvalue weighted by Crippen LogP contribution is -2.71. The van der Waals surface area contributed by atoms with E-state index >= 15 is 0 Å². The van der Waals surface area contributed by atoms with E-state index in [0.29, 0.717) is 36.8 Å². The topological polar surface area (TPSA) is 86.7 Å². The van der Waals surface area contributed by atoms with Crippen molar-refractivity contribution in [3.63, 3.8) is 0 Å². The number of ketones is 1. The Kier molecular flexibility index (Phi) is 5.83. The first-order chi connectivity index (χ1) is 16.5. The molecule has 5 aliphatic rings. The number of carbonyl (C=O) groups excluding carboxylic acids is 2. The number of rotatable bonds is 5. The molecule has 0 saturated heterocycles. The molecule has 6 nitrogen and oxygen atoms in total. The van der Waals surface area contributed by atoms with Crippen molar-refractivity contribution in [2.75, 3.05) is 7.11 Å². The number of hydrogen-bond donors (Lipinski definition) is 0. The van der Waals surface area contributed by atoms with Crippen LogP contribution in [0.25, 0.3) is 0 Å². The Morgan fingerprint density at radius 1 is 1.09 bits per heavy atom. The predicted molar refractivity (Wildman–Crippen MR) is 132 cm³/mol. The third-order valence-electron chi connectivity index (χ3n) is 9.89. The van der Waals surface area contributed by atoms with Gasteiger partial charge in [-0.2, -0.15) is 8.42 Å². The lowest BCUT2D eigenvalue weighted by molar-refractivity contribution is -0.223. The van der Waals surface area contributed by atoms with Crippen molar-refractivity contribution >= 4 is 21.9 Å². The molecule has 0 aliphatic heterocycles. The highest BCUT2D eigenvalue weighted by atomic mass is 32.2. The molecule has 35 heavy (non-hydrogen) atoms. The highest BCUT2D eigenvalue weighted by Crippen LogP contribution is 2.72. The lowest BCUT2D eigenvalue weighted by Gasteiger charge is -2.67. The van der Waals surface area contributed by atoms with E-state index in [9.17, 15) is 18.0 Å². The molecule has 0 heterocycles. The van der Waals surface area contributed by atoms with Crippen molar-refractivity contribution in [3.8, 4) is 0 Å². The molecule has 5 aliphatic carbocycles. The van der Waals surface area contributed by atoms with Crippen LogP contribution in [-0.4, -0.2) is 33.4 Å². The largest absolute Gasteiger partial charge is 0.469 e. The van der Waals surface area contributed by atoms with Gasteiger partial charge in [0.2, 0.25) is 0 Å². The van der Waals surface area contributed by atoms with E-state index in [4.69, 9.17) is 8.92 Å². The number of carbonyl (C=O) groups is 2. The van der Waals surface area contributed by atoms with Gasteiger partial charge in [0.15, 0.2) is 5.78 Å². The average molecular weight is 501 g/mol. The minimum Gasteiger partial charge on any atom is -0.469 e. The van der Waals surface area contributed by atoms with Crippen LogP contribution in [0.15, 0.2) is 42.5 Å². The molecule has 3 unspecified atom stereocenters. The van der Waals surface area contributed by atoms with Crippen LogP contribution < -0.4 is 0 Å². The molecule has 6 rings (SSSR count). The molecular formula is C28H36O6S. The summed E-state index contributed by atoms with van der Waals surface area (Å²) in [6.45, 7) is 8.43. The van der Waals surface area contributed by atoms with Gasteiger partial charge in [0.05, 0.1) is 24.0 Å². The number of allylic oxidation sites excluding steroid dienone is 1. The zero-order valence-electron chi connectivity index (χ0n) is 20.9. The van der Waals surface area contributed by atoms with Crippen LogP contribution in [0.2, 0.25) is 0 Å². The first-order valence-electron chi connectivity index (χ1n) is 12.7. The number of esters is 1. The summed E-state index contributed by atoms with van der Waals surface area (Å²) < 4.78 is 38.2. The quantitative estimate of drug-likeness (QED) is 0.327. The monoisotopic (exact) mass is 500 g/mol. The van der Waals surface area contributed by atoms with Gasteiger partial charge >= 0.3 is 5.97 Å². The van der Waals surface area contributed by atoms with Crippen LogP contribution in [0.3, 0.4) is 0 Å². The third-order valence-corrected chi connectivity index (χ3v) is 11.1. The van der Waals surface area contributed by atoms with Gasteiger partial charge in [-0.05, 0) is 72.8 Å². The molecule has 1 aromatic carbocycles. The lowest BCUT2D eigenvalue weighted by atomic mass is 9.35. The van der Waals surface area contributed by atoms with E-state index in [-0.39, 0.29) is 40.7 Å². The van der Waals surface area contributed by atoms with E-state index in [0.717, 1.165) is 19.3 Å². The minimum atomic E-state index is -3.98. The Morgan fingerprint density at radius 3 is 2.49 bits per heavy atom. The summed E-state index contributed by atoms with van der Waals surface area (Å²) in [7, 11) is -2.55. The minimum absolute atomic E-state index is 0.0290. The van der Waals surface area contributed by atoms with Crippen molar-refractivity contribution in [2.45, 2.75) is 70.7 Å². The second kappa shape index (κ2) is 8.27. The summed E-state index contributed by atoms with van der Waals surface area (Å²) in [5.74, 6) is -1.02. The highest BCUT2D eigenvalue weighted by Gasteiger charge is 2.74. The normalized spacial score (nSPS) is 37.9. The molecular weight excluding hydrogens is 464 g/mol. The SMILES string of the molecule is C=C1C(=O)[C@]23CC[C@H]1CC2C1(C(=O)OC)CCCC(C)(C)C1C[C@H]3OS(=O)(=O)Cc1ccccc1. The Morgan fingerprint density at radius 2 is 1.80 bits per heavy atom. The zero-order chi connectivity index (χ0) is 25.2. The van der Waals surface area contributed by atoms with Gasteiger partial charge in [-0.15, -0.1) is 0 Å². The molecule has 7 heteroatoms. The summed E-state index contributed by atoms with van der Waals surface area (Å²) in [4.78, 5) is 27.6. The summed E-state index contributed by atoms with van der Waals surface area (Å²) in [6, 6.07) is 8.95. The first-order valence-corrected chi connectivity index (χ1v) is 14.3. The van der Waals surface area contributed by atoms with Crippen LogP contribution in [0, 0.1) is 34.0 Å². The maximum atomic E-state index is 14.0. The van der Waals surface area contributed by atoms with Gasteiger partial charge < -0.3 is 4.74 Å². The van der Waals surface area contributed by atoms with Crippen molar-refractivity contribution in [1.82, 2.24) is 0 Å². The van der Waals surface area contributed by atoms with Crippen molar-refractivity contribution in [1.29, 1.82) is 0 Å². The summed E-state index contributed by atoms with van der Waals surface area (Å²) in [5.41, 5.74) is -0.879. The molecule has 0 radical (unpaired) electrons. The van der Waals surface area contributed by atoms with Crippen LogP contribution >= 0.6 is 0 Å². The molecule has 1 aromatic rings. The van der Waals surface area contributed by atoms with Crippen LogP contribution in [-0.2, 0) is 34.4 Å². The van der Waals surface area contributed by atoms with Crippen molar-refractivity contribution in [2.24, 2.45) is 34.0 Å². The average Bonchev–Trinajstić information content (AvgIpc) is 2.82. The maximum absolute atomic E-state index is 14.0. The second-order valence-corrected chi connectivity index (χ2v) is 13.4. The molecule has 5 fully saturated rings. The fourth-order valence-corrected chi connectivity index (χ4v) is 9.69. The molecule has 0 amide bonds. The Labute approximate surface area is 208 Å². The van der Waals surface area contributed by atoms with E-state index in [1.165, 1.54) is 7.11 Å². The predicted octanol–water partition coefficient (Wildman–Crippen LogP) is 4.83. The summed E-state index contributed by atoms with van der Waals surface area (Å²) in [6.07, 6.45) is 3.96. The van der Waals surface area contributed by atoms with Gasteiger partial charge in [0, 0.05) is 0 Å². The molecule has 6 atom stereocenters. The van der Waals surface area contributed by atoms with Crippen molar-refractivity contribution in [3.05, 3.63) is 48.0 Å². The standard InChI is InChI=1S/C28H36O6S/c1-18-20-11-14-28(24(18)29)22(15-20)27(25(30)33-4)13-8-12-26(2,3)21(27)16-23(28)34-35(31,32)17-19-9-6-5-7-10-19/h5-7,9-10,20-23H,1,8,11-17H2,2-4H3/t20-,21?,22?,23+,27?,28+/m0/s1. The zero-order valence-corrected chi connectivity index (χ0v) is 21.7. The fourth-order valence-electron chi connectivity index (χ4n) is 8.42. The highest BCUT2D eigenvalue weighted by molar-refractivity contribution is 7.85. The van der Waals surface area contributed by atoms with E-state index in [2.05, 4.69) is 20.4 Å². The van der Waals surface area contributed by atoms with E-state index in [1.54, 1.807) is 24.3 Å². The molecule has 190 valence electrons. The summed E-state index contributed by atoms with van der Waals surface area (Å²) >= 11 is 0. The maximum Gasteiger partial charge on any atom is 0.312 e. The fraction of sp³-hybridized carbons (Fsp3) is 0.643. The number of benzene rings is 1. The van der Waals surface area contributed by atoms with Gasteiger partial charge in [0.25, 0.3) is 10.1 Å². The van der Waals surface area contributed by atoms with Crippen LogP contribution in [0.4, 0.5) is 0 Å². The number of hydrogen-bond acceptors (Lipinski definition) is 6. The molecule has 0 N–H and O–H groups in total. The number of fused-ring (bicyclic) bond motifs is 3. The van der Waals surface area contributed by atoms with Gasteiger partial charge in [-0.3, -0.25) is 13.8 Å². The number of ether oxygens (including phenoxy) is 1. The molecule has 1 spiro atoms. The summed E-state index contributed by atoms with van der Waals surface area (Å²) in [5, 5.41) is 0. The third kappa shape index (κ3) is 3.56.